The number of anilines is 2. The molecular weight excluding hydrogens is 450 g/mol. The maximum Gasteiger partial charge on any atom is 0.256 e. The first-order valence-corrected chi connectivity index (χ1v) is 12.9. The SMILES string of the molecule is CC1CCC(NC(=O)c2cnc(N3CCC4(CC4)C3)nc2NCc2ccc(CO)c(Cl)c2)CC1. The number of rotatable bonds is 7. The Morgan fingerprint density at radius 3 is 2.71 bits per heavy atom. The van der Waals surface area contributed by atoms with Gasteiger partial charge in [0.2, 0.25) is 5.95 Å². The highest BCUT2D eigenvalue weighted by molar-refractivity contribution is 6.31. The number of nitrogens with zero attached hydrogens (tertiary/aromatic N) is 3. The molecule has 2 heterocycles. The summed E-state index contributed by atoms with van der Waals surface area (Å²) in [5, 5.41) is 16.5. The minimum absolute atomic E-state index is 0.0938. The molecule has 3 N–H and O–H groups in total. The van der Waals surface area contributed by atoms with E-state index in [9.17, 15) is 9.90 Å². The predicted octanol–water partition coefficient (Wildman–Crippen LogP) is 4.53. The van der Waals surface area contributed by atoms with E-state index in [2.05, 4.69) is 27.4 Å². The van der Waals surface area contributed by atoms with Crippen LogP contribution in [0.1, 0.15) is 73.4 Å². The third-order valence-corrected chi connectivity index (χ3v) is 8.15. The molecule has 0 radical (unpaired) electrons. The second-order valence-electron chi connectivity index (χ2n) is 10.5. The van der Waals surface area contributed by atoms with Crippen molar-refractivity contribution in [1.29, 1.82) is 0 Å². The molecule has 0 bridgehead atoms. The third kappa shape index (κ3) is 5.15. The van der Waals surface area contributed by atoms with Crippen molar-refractivity contribution in [2.45, 2.75) is 71.1 Å². The molecule has 0 unspecified atom stereocenters. The molecule has 0 atom stereocenters. The normalized spacial score (nSPS) is 23.2. The zero-order valence-corrected chi connectivity index (χ0v) is 20.6. The van der Waals surface area contributed by atoms with E-state index in [1.807, 2.05) is 18.2 Å². The second-order valence-corrected chi connectivity index (χ2v) is 10.9. The van der Waals surface area contributed by atoms with E-state index in [0.717, 1.165) is 50.3 Å². The number of aromatic nitrogens is 2. The number of aliphatic hydroxyl groups excluding tert-OH is 1. The molecule has 7 nitrogen and oxygen atoms in total. The number of aliphatic hydroxyl groups is 1. The van der Waals surface area contributed by atoms with E-state index in [-0.39, 0.29) is 18.6 Å². The fraction of sp³-hybridized carbons (Fsp3) is 0.577. The first kappa shape index (κ1) is 23.4. The Labute approximate surface area is 206 Å². The van der Waals surface area contributed by atoms with Crippen molar-refractivity contribution in [3.05, 3.63) is 46.1 Å². The number of nitrogens with one attached hydrogen (secondary N) is 2. The van der Waals surface area contributed by atoms with E-state index in [0.29, 0.717) is 39.9 Å². The first-order chi connectivity index (χ1) is 16.4. The van der Waals surface area contributed by atoms with Gasteiger partial charge in [0.05, 0.1) is 6.61 Å². The van der Waals surface area contributed by atoms with E-state index in [4.69, 9.17) is 16.6 Å². The van der Waals surface area contributed by atoms with Gasteiger partial charge in [0.15, 0.2) is 0 Å². The summed E-state index contributed by atoms with van der Waals surface area (Å²) in [5.41, 5.74) is 2.59. The third-order valence-electron chi connectivity index (χ3n) is 7.80. The van der Waals surface area contributed by atoms with E-state index < -0.39 is 0 Å². The highest BCUT2D eigenvalue weighted by atomic mass is 35.5. The van der Waals surface area contributed by atoms with Gasteiger partial charge in [-0.2, -0.15) is 4.98 Å². The van der Waals surface area contributed by atoms with Crippen molar-refractivity contribution >= 4 is 29.3 Å². The summed E-state index contributed by atoms with van der Waals surface area (Å²) in [6, 6.07) is 5.78. The molecule has 1 amide bonds. The molecule has 1 saturated heterocycles. The first-order valence-electron chi connectivity index (χ1n) is 12.5. The fourth-order valence-electron chi connectivity index (χ4n) is 5.20. The average Bonchev–Trinajstić information content (AvgIpc) is 3.47. The van der Waals surface area contributed by atoms with Gasteiger partial charge in [0, 0.05) is 36.9 Å². The maximum absolute atomic E-state index is 13.2. The minimum atomic E-state index is -0.123. The van der Waals surface area contributed by atoms with Gasteiger partial charge in [-0.15, -0.1) is 0 Å². The zero-order chi connectivity index (χ0) is 23.7. The lowest BCUT2D eigenvalue weighted by Crippen LogP contribution is -2.38. The Morgan fingerprint density at radius 2 is 2.03 bits per heavy atom. The molecule has 1 aromatic heterocycles. The second kappa shape index (κ2) is 9.70. The summed E-state index contributed by atoms with van der Waals surface area (Å²) >= 11 is 6.27. The molecule has 5 rings (SSSR count). The Bertz CT molecular complexity index is 1050. The standard InChI is InChI=1S/C26H34ClN5O2/c1-17-2-6-20(7-3-17)30-24(34)21-14-29-25(32-11-10-26(16-32)8-9-26)31-23(21)28-13-18-4-5-19(15-33)22(27)12-18/h4-5,12,14,17,20,33H,2-3,6-11,13,15-16H2,1H3,(H,30,34)(H,28,29,31). The van der Waals surface area contributed by atoms with Crippen molar-refractivity contribution < 1.29 is 9.90 Å². The van der Waals surface area contributed by atoms with Crippen LogP contribution in [0.15, 0.2) is 24.4 Å². The Kier molecular flexibility index (Phi) is 6.67. The molecule has 1 spiro atoms. The van der Waals surface area contributed by atoms with Crippen molar-refractivity contribution in [3.63, 3.8) is 0 Å². The maximum atomic E-state index is 13.2. The van der Waals surface area contributed by atoms with Crippen LogP contribution in [0.25, 0.3) is 0 Å². The molecule has 2 saturated carbocycles. The van der Waals surface area contributed by atoms with Gasteiger partial charge in [-0.05, 0) is 73.5 Å². The summed E-state index contributed by atoms with van der Waals surface area (Å²) < 4.78 is 0. The molecule has 1 aliphatic heterocycles. The number of carbonyl (C=O) groups is 1. The lowest BCUT2D eigenvalue weighted by atomic mass is 9.87. The van der Waals surface area contributed by atoms with Crippen molar-refractivity contribution in [3.8, 4) is 0 Å². The number of halogens is 1. The minimum Gasteiger partial charge on any atom is -0.392 e. The van der Waals surface area contributed by atoms with Gasteiger partial charge >= 0.3 is 0 Å². The summed E-state index contributed by atoms with van der Waals surface area (Å²) in [6.45, 7) is 4.60. The number of amides is 1. The van der Waals surface area contributed by atoms with Crippen molar-refractivity contribution in [1.82, 2.24) is 15.3 Å². The van der Waals surface area contributed by atoms with Crippen LogP contribution in [0.3, 0.4) is 0 Å². The molecule has 3 fully saturated rings. The summed E-state index contributed by atoms with van der Waals surface area (Å²) in [7, 11) is 0. The van der Waals surface area contributed by atoms with Crippen LogP contribution in [0, 0.1) is 11.3 Å². The van der Waals surface area contributed by atoms with Crippen LogP contribution in [-0.2, 0) is 13.2 Å². The zero-order valence-electron chi connectivity index (χ0n) is 19.8. The number of carbonyl (C=O) groups excluding carboxylic acids is 1. The van der Waals surface area contributed by atoms with Crippen LogP contribution in [-0.4, -0.2) is 40.1 Å². The van der Waals surface area contributed by atoms with Crippen molar-refractivity contribution in [2.75, 3.05) is 23.3 Å². The largest absolute Gasteiger partial charge is 0.392 e. The van der Waals surface area contributed by atoms with Gasteiger partial charge in [-0.3, -0.25) is 4.79 Å². The highest BCUT2D eigenvalue weighted by Gasteiger charge is 2.48. The van der Waals surface area contributed by atoms with E-state index >= 15 is 0 Å². The fourth-order valence-corrected chi connectivity index (χ4v) is 5.46. The lowest BCUT2D eigenvalue weighted by molar-refractivity contribution is 0.0923. The molecular formula is C26H34ClN5O2. The number of hydrogen-bond donors (Lipinski definition) is 3. The van der Waals surface area contributed by atoms with Gasteiger partial charge in [0.25, 0.3) is 5.91 Å². The van der Waals surface area contributed by atoms with Crippen LogP contribution in [0.4, 0.5) is 11.8 Å². The van der Waals surface area contributed by atoms with E-state index in [1.165, 1.54) is 19.3 Å². The van der Waals surface area contributed by atoms with Crippen LogP contribution >= 0.6 is 11.6 Å². The van der Waals surface area contributed by atoms with Crippen LogP contribution in [0.2, 0.25) is 5.02 Å². The average molecular weight is 484 g/mol. The molecule has 1 aromatic carbocycles. The predicted molar refractivity (Wildman–Crippen MR) is 134 cm³/mol. The Balaban J connectivity index is 1.34. The van der Waals surface area contributed by atoms with Gasteiger partial charge in [-0.1, -0.05) is 30.7 Å². The van der Waals surface area contributed by atoms with Gasteiger partial charge < -0.3 is 20.6 Å². The molecule has 3 aliphatic rings. The van der Waals surface area contributed by atoms with Gasteiger partial charge in [-0.25, -0.2) is 4.98 Å². The molecule has 34 heavy (non-hydrogen) atoms. The number of hydrogen-bond acceptors (Lipinski definition) is 6. The lowest BCUT2D eigenvalue weighted by Gasteiger charge is -2.27. The van der Waals surface area contributed by atoms with Crippen LogP contribution in [0.5, 0.6) is 0 Å². The number of benzene rings is 1. The molecule has 8 heteroatoms. The van der Waals surface area contributed by atoms with Gasteiger partial charge in [0.1, 0.15) is 11.4 Å². The monoisotopic (exact) mass is 483 g/mol. The molecule has 182 valence electrons. The quantitative estimate of drug-likeness (QED) is 0.536. The summed E-state index contributed by atoms with van der Waals surface area (Å²) in [4.78, 5) is 24.9. The van der Waals surface area contributed by atoms with Crippen molar-refractivity contribution in [2.24, 2.45) is 11.3 Å². The highest BCUT2D eigenvalue weighted by Crippen LogP contribution is 2.53. The molecule has 2 aliphatic carbocycles. The smallest absolute Gasteiger partial charge is 0.256 e. The summed E-state index contributed by atoms with van der Waals surface area (Å²) in [5.74, 6) is 1.84. The van der Waals surface area contributed by atoms with E-state index in [1.54, 1.807) is 6.20 Å². The Morgan fingerprint density at radius 1 is 1.24 bits per heavy atom. The van der Waals surface area contributed by atoms with Crippen LogP contribution < -0.4 is 15.5 Å². The molecule has 2 aromatic rings. The Hall–Kier alpha value is -2.38. The topological polar surface area (TPSA) is 90.4 Å². The summed E-state index contributed by atoms with van der Waals surface area (Å²) in [6.07, 6.45) is 9.77.